The second kappa shape index (κ2) is 7.88. The van der Waals surface area contributed by atoms with E-state index in [2.05, 4.69) is 38.9 Å². The molecule has 7 heteroatoms. The van der Waals surface area contributed by atoms with Gasteiger partial charge in [-0.25, -0.2) is 4.79 Å². The molecule has 1 fully saturated rings. The highest BCUT2D eigenvalue weighted by molar-refractivity contribution is 7.10. The molecule has 1 atom stereocenters. The van der Waals surface area contributed by atoms with Gasteiger partial charge in [-0.15, -0.1) is 11.3 Å². The Morgan fingerprint density at radius 1 is 1.50 bits per heavy atom. The third-order valence-corrected chi connectivity index (χ3v) is 4.82. The maximum absolute atomic E-state index is 11.9. The van der Waals surface area contributed by atoms with Crippen LogP contribution in [-0.2, 0) is 11.3 Å². The highest BCUT2D eigenvalue weighted by atomic mass is 32.1. The average molecular weight is 353 g/mol. The highest BCUT2D eigenvalue weighted by Crippen LogP contribution is 2.16. The summed E-state index contributed by atoms with van der Waals surface area (Å²) >= 11 is 1.75. The summed E-state index contributed by atoms with van der Waals surface area (Å²) in [5.41, 5.74) is 0.826. The summed E-state index contributed by atoms with van der Waals surface area (Å²) in [7, 11) is 1.79. The van der Waals surface area contributed by atoms with E-state index in [-0.39, 0.29) is 12.1 Å². The molecule has 2 rings (SSSR count). The molecule has 1 aliphatic heterocycles. The van der Waals surface area contributed by atoms with Crippen molar-refractivity contribution in [3.8, 4) is 0 Å². The number of hydrogen-bond acceptors (Lipinski definition) is 4. The Balaban J connectivity index is 1.82. The molecule has 1 amide bonds. The molecule has 0 spiro atoms. The molecule has 0 bridgehead atoms. The lowest BCUT2D eigenvalue weighted by molar-refractivity contribution is 0.0507. The van der Waals surface area contributed by atoms with E-state index in [0.29, 0.717) is 0 Å². The van der Waals surface area contributed by atoms with E-state index in [9.17, 15) is 4.79 Å². The predicted molar refractivity (Wildman–Crippen MR) is 98.6 cm³/mol. The van der Waals surface area contributed by atoms with Gasteiger partial charge in [-0.1, -0.05) is 0 Å². The zero-order chi connectivity index (χ0) is 17.7. The first kappa shape index (κ1) is 18.6. The van der Waals surface area contributed by atoms with Gasteiger partial charge in [0.05, 0.1) is 12.6 Å². The quantitative estimate of drug-likeness (QED) is 0.648. The number of thiophene rings is 1. The van der Waals surface area contributed by atoms with E-state index in [4.69, 9.17) is 4.74 Å². The second-order valence-electron chi connectivity index (χ2n) is 7.01. The van der Waals surface area contributed by atoms with E-state index in [1.54, 1.807) is 18.4 Å². The van der Waals surface area contributed by atoms with Crippen LogP contribution >= 0.6 is 11.3 Å². The number of hydrogen-bond donors (Lipinski definition) is 2. The van der Waals surface area contributed by atoms with Crippen molar-refractivity contribution in [1.82, 2.24) is 15.5 Å². The summed E-state index contributed by atoms with van der Waals surface area (Å²) in [6.45, 7) is 10.1. The Kier molecular flexibility index (Phi) is 6.10. The Labute approximate surface area is 148 Å². The smallest absolute Gasteiger partial charge is 0.407 e. The lowest BCUT2D eigenvalue weighted by Crippen LogP contribution is -2.44. The molecule has 1 aromatic rings. The molecule has 134 valence electrons. The number of rotatable bonds is 3. The number of ether oxygens (including phenoxy) is 1. The topological polar surface area (TPSA) is 66.0 Å². The molecule has 6 nitrogen and oxygen atoms in total. The van der Waals surface area contributed by atoms with Crippen LogP contribution in [0, 0.1) is 6.92 Å². The van der Waals surface area contributed by atoms with Crippen molar-refractivity contribution < 1.29 is 9.53 Å². The van der Waals surface area contributed by atoms with E-state index in [1.807, 2.05) is 20.8 Å². The van der Waals surface area contributed by atoms with Gasteiger partial charge in [0.15, 0.2) is 5.96 Å². The Morgan fingerprint density at radius 3 is 2.83 bits per heavy atom. The van der Waals surface area contributed by atoms with Crippen LogP contribution in [0.5, 0.6) is 0 Å². The van der Waals surface area contributed by atoms with Crippen molar-refractivity contribution in [3.63, 3.8) is 0 Å². The van der Waals surface area contributed by atoms with Crippen molar-refractivity contribution in [2.75, 3.05) is 20.1 Å². The molecule has 2 N–H and O–H groups in total. The molecule has 24 heavy (non-hydrogen) atoms. The van der Waals surface area contributed by atoms with Crippen LogP contribution < -0.4 is 10.6 Å². The summed E-state index contributed by atoms with van der Waals surface area (Å²) in [4.78, 5) is 19.7. The minimum Gasteiger partial charge on any atom is -0.444 e. The van der Waals surface area contributed by atoms with Gasteiger partial charge >= 0.3 is 6.09 Å². The monoisotopic (exact) mass is 352 g/mol. The molecule has 1 saturated heterocycles. The predicted octanol–water partition coefficient (Wildman–Crippen LogP) is 2.73. The molecule has 0 radical (unpaired) electrons. The molecule has 1 unspecified atom stereocenters. The lowest BCUT2D eigenvalue weighted by Gasteiger charge is -2.23. The standard InChI is InChI=1S/C17H28N4O2S/c1-12-7-9-24-14(12)10-19-15(18-5)21-8-6-13(11-21)20-16(22)23-17(2,3)4/h7,9,13H,6,8,10-11H2,1-5H3,(H,18,19)(H,20,22). The van der Waals surface area contributed by atoms with Crippen LogP contribution in [0.1, 0.15) is 37.6 Å². The Bertz CT molecular complexity index is 592. The summed E-state index contributed by atoms with van der Waals surface area (Å²) in [6, 6.07) is 2.21. The summed E-state index contributed by atoms with van der Waals surface area (Å²) in [5.74, 6) is 0.872. The van der Waals surface area contributed by atoms with Crippen LogP contribution in [0.3, 0.4) is 0 Å². The van der Waals surface area contributed by atoms with Gasteiger partial charge in [0, 0.05) is 25.0 Å². The van der Waals surface area contributed by atoms with Crippen molar-refractivity contribution >= 4 is 23.4 Å². The number of carbonyl (C=O) groups is 1. The summed E-state index contributed by atoms with van der Waals surface area (Å²) in [6.07, 6.45) is 0.532. The van der Waals surface area contributed by atoms with Crippen molar-refractivity contribution in [2.24, 2.45) is 4.99 Å². The van der Waals surface area contributed by atoms with E-state index in [0.717, 1.165) is 32.0 Å². The minimum absolute atomic E-state index is 0.0851. The van der Waals surface area contributed by atoms with E-state index >= 15 is 0 Å². The van der Waals surface area contributed by atoms with Gasteiger partial charge in [-0.3, -0.25) is 4.99 Å². The first-order valence-corrected chi connectivity index (χ1v) is 9.14. The van der Waals surface area contributed by atoms with Gasteiger partial charge in [-0.05, 0) is 51.1 Å². The fourth-order valence-electron chi connectivity index (χ4n) is 2.62. The molecule has 2 heterocycles. The average Bonchev–Trinajstić information content (AvgIpc) is 3.07. The van der Waals surface area contributed by atoms with Gasteiger partial charge in [0.2, 0.25) is 0 Å². The number of carbonyl (C=O) groups excluding carboxylic acids is 1. The van der Waals surface area contributed by atoms with Crippen LogP contribution in [-0.4, -0.2) is 48.7 Å². The van der Waals surface area contributed by atoms with Gasteiger partial charge in [0.25, 0.3) is 0 Å². The minimum atomic E-state index is -0.474. The molecule has 0 aromatic carbocycles. The molecule has 0 aliphatic carbocycles. The normalized spacial score (nSPS) is 18.6. The molecular formula is C17H28N4O2S. The van der Waals surface area contributed by atoms with Crippen molar-refractivity contribution in [3.05, 3.63) is 21.9 Å². The van der Waals surface area contributed by atoms with Crippen LogP contribution in [0.4, 0.5) is 4.79 Å². The number of nitrogens with one attached hydrogen (secondary N) is 2. The van der Waals surface area contributed by atoms with E-state index in [1.165, 1.54) is 10.4 Å². The second-order valence-corrected chi connectivity index (χ2v) is 8.01. The van der Waals surface area contributed by atoms with Crippen molar-refractivity contribution in [1.29, 1.82) is 0 Å². The van der Waals surface area contributed by atoms with Gasteiger partial charge in [0.1, 0.15) is 5.60 Å². The number of alkyl carbamates (subject to hydrolysis) is 1. The SMILES string of the molecule is CN=C(NCc1sccc1C)N1CCC(NC(=O)OC(C)(C)C)C1. The summed E-state index contributed by atoms with van der Waals surface area (Å²) in [5, 5.41) is 8.45. The fourth-order valence-corrected chi connectivity index (χ4v) is 3.47. The maximum atomic E-state index is 11.9. The first-order chi connectivity index (χ1) is 11.3. The summed E-state index contributed by atoms with van der Waals surface area (Å²) < 4.78 is 5.32. The zero-order valence-electron chi connectivity index (χ0n) is 15.2. The lowest BCUT2D eigenvalue weighted by atomic mass is 10.2. The van der Waals surface area contributed by atoms with Crippen LogP contribution in [0.2, 0.25) is 0 Å². The highest BCUT2D eigenvalue weighted by Gasteiger charge is 2.27. The van der Waals surface area contributed by atoms with Crippen LogP contribution in [0.25, 0.3) is 0 Å². The number of nitrogens with zero attached hydrogens (tertiary/aromatic N) is 2. The molecular weight excluding hydrogens is 324 g/mol. The Morgan fingerprint density at radius 2 is 2.25 bits per heavy atom. The maximum Gasteiger partial charge on any atom is 0.407 e. The largest absolute Gasteiger partial charge is 0.444 e. The number of amides is 1. The van der Waals surface area contributed by atoms with E-state index < -0.39 is 5.60 Å². The third-order valence-electron chi connectivity index (χ3n) is 3.80. The van der Waals surface area contributed by atoms with Crippen LogP contribution in [0.15, 0.2) is 16.4 Å². The Hall–Kier alpha value is -1.76. The number of likely N-dealkylation sites (tertiary alicyclic amines) is 1. The first-order valence-electron chi connectivity index (χ1n) is 8.26. The fraction of sp³-hybridized carbons (Fsp3) is 0.647. The molecule has 0 saturated carbocycles. The number of aliphatic imine (C=N–C) groups is 1. The number of aryl methyl sites for hydroxylation is 1. The van der Waals surface area contributed by atoms with Crippen molar-refractivity contribution in [2.45, 2.75) is 52.3 Å². The third kappa shape index (κ3) is 5.40. The van der Waals surface area contributed by atoms with Gasteiger partial charge < -0.3 is 20.3 Å². The number of guanidine groups is 1. The zero-order valence-corrected chi connectivity index (χ0v) is 16.0. The molecule has 1 aromatic heterocycles. The molecule has 1 aliphatic rings. The van der Waals surface area contributed by atoms with Gasteiger partial charge in [-0.2, -0.15) is 0 Å².